The van der Waals surface area contributed by atoms with Gasteiger partial charge in [-0.3, -0.25) is 5.73 Å². The van der Waals surface area contributed by atoms with E-state index in [0.717, 1.165) is 0 Å². The number of hydrogen-bond acceptors (Lipinski definition) is 5. The Morgan fingerprint density at radius 3 is 2.60 bits per heavy atom. The number of rotatable bonds is 1. The molecule has 0 saturated heterocycles. The van der Waals surface area contributed by atoms with Gasteiger partial charge >= 0.3 is 6.01 Å². The molecule has 6 nitrogen and oxygen atoms in total. The van der Waals surface area contributed by atoms with Gasteiger partial charge in [0.1, 0.15) is 0 Å². The van der Waals surface area contributed by atoms with Gasteiger partial charge in [-0.15, -0.1) is 0 Å². The van der Waals surface area contributed by atoms with Crippen molar-refractivity contribution >= 4 is 11.9 Å². The van der Waals surface area contributed by atoms with E-state index in [4.69, 9.17) is 11.5 Å². The Balaban J connectivity index is 3.06. The van der Waals surface area contributed by atoms with Crippen molar-refractivity contribution in [1.29, 1.82) is 0 Å². The largest absolute Gasteiger partial charge is 0.467 e. The van der Waals surface area contributed by atoms with Crippen LogP contribution in [-0.2, 0) is 0 Å². The topological polar surface area (TPSA) is 97.7 Å². The van der Waals surface area contributed by atoms with Crippen molar-refractivity contribution in [1.82, 2.24) is 20.7 Å². The van der Waals surface area contributed by atoms with Crippen molar-refractivity contribution in [3.05, 3.63) is 0 Å². The van der Waals surface area contributed by atoms with Crippen LogP contribution in [-0.4, -0.2) is 22.1 Å². The summed E-state index contributed by atoms with van der Waals surface area (Å²) in [5.41, 5.74) is 12.1. The van der Waals surface area contributed by atoms with Gasteiger partial charge in [-0.05, 0) is 0 Å². The number of methoxy groups -OCH3 is 1. The van der Waals surface area contributed by atoms with Crippen LogP contribution < -0.4 is 16.2 Å². The molecule has 0 aromatic carbocycles. The number of anilines is 1. The fourth-order valence-corrected chi connectivity index (χ4v) is 0.463. The fraction of sp³-hybridized carbons (Fsp3) is 0.250. The van der Waals surface area contributed by atoms with E-state index in [1.165, 1.54) is 7.11 Å². The molecule has 0 saturated carbocycles. The van der Waals surface area contributed by atoms with E-state index in [2.05, 4.69) is 19.7 Å². The first-order chi connectivity index (χ1) is 4.72. The summed E-state index contributed by atoms with van der Waals surface area (Å²) in [5.74, 6) is -0.193. The monoisotopic (exact) mass is 140 g/mol. The molecule has 3 N–H and O–H groups in total. The van der Waals surface area contributed by atoms with Crippen LogP contribution in [0.4, 0.5) is 11.9 Å². The number of ether oxygens (including phenoxy) is 1. The average Bonchev–Trinajstić information content (AvgIpc) is 1.85. The van der Waals surface area contributed by atoms with Gasteiger partial charge in [0.25, 0.3) is 0 Å². The number of nitrogens with zero attached hydrogens (tertiary/aromatic N) is 3. The van der Waals surface area contributed by atoms with Crippen molar-refractivity contribution in [2.75, 3.05) is 12.8 Å². The molecule has 0 spiro atoms. The van der Waals surface area contributed by atoms with E-state index in [-0.39, 0.29) is 17.9 Å². The van der Waals surface area contributed by atoms with Gasteiger partial charge in [-0.1, -0.05) is 0 Å². The zero-order valence-electron chi connectivity index (χ0n) is 5.33. The first kappa shape index (κ1) is 6.53. The summed E-state index contributed by atoms with van der Waals surface area (Å²) in [6, 6.07) is 0.0671. The molecule has 1 heterocycles. The van der Waals surface area contributed by atoms with Crippen molar-refractivity contribution in [3.63, 3.8) is 0 Å². The van der Waals surface area contributed by atoms with E-state index in [0.29, 0.717) is 0 Å². The summed E-state index contributed by atoms with van der Waals surface area (Å²) >= 11 is 0. The van der Waals surface area contributed by atoms with E-state index < -0.39 is 0 Å². The molecule has 0 atom stereocenters. The van der Waals surface area contributed by atoms with Gasteiger partial charge < -0.3 is 10.5 Å². The molecule has 0 fully saturated rings. The third kappa shape index (κ3) is 1.22. The highest BCUT2D eigenvalue weighted by atomic mass is 16.5. The number of nitrogens with one attached hydrogen (secondary N) is 1. The molecule has 0 bridgehead atoms. The zero-order valence-corrected chi connectivity index (χ0v) is 5.33. The van der Waals surface area contributed by atoms with Crippen molar-refractivity contribution in [2.24, 2.45) is 0 Å². The predicted molar refractivity (Wildman–Crippen MR) is 33.5 cm³/mol. The highest BCUT2D eigenvalue weighted by Gasteiger charge is 1.99. The Bertz CT molecular complexity index is 217. The van der Waals surface area contributed by atoms with Crippen LogP contribution in [0.5, 0.6) is 6.01 Å². The Morgan fingerprint density at radius 1 is 1.40 bits per heavy atom. The van der Waals surface area contributed by atoms with Gasteiger partial charge in [0.2, 0.25) is 11.9 Å². The molecule has 1 radical (unpaired) electrons. The summed E-state index contributed by atoms with van der Waals surface area (Å²) in [7, 11) is 1.40. The van der Waals surface area contributed by atoms with Crippen LogP contribution in [0.1, 0.15) is 0 Å². The molecule has 0 amide bonds. The molecule has 0 unspecified atom stereocenters. The Hall–Kier alpha value is -1.59. The molecule has 0 aliphatic heterocycles. The lowest BCUT2D eigenvalue weighted by Crippen LogP contribution is -2.00. The molecule has 1 aromatic heterocycles. The minimum Gasteiger partial charge on any atom is -0.467 e. The van der Waals surface area contributed by atoms with Crippen LogP contribution >= 0.6 is 0 Å². The highest BCUT2D eigenvalue weighted by Crippen LogP contribution is 2.04. The van der Waals surface area contributed by atoms with Crippen LogP contribution in [0.2, 0.25) is 0 Å². The molecule has 10 heavy (non-hydrogen) atoms. The lowest BCUT2D eigenvalue weighted by molar-refractivity contribution is 0.379. The summed E-state index contributed by atoms with van der Waals surface area (Å²) in [6.45, 7) is 0. The first-order valence-electron chi connectivity index (χ1n) is 2.49. The third-order valence-electron chi connectivity index (χ3n) is 0.815. The minimum absolute atomic E-state index is 0.00292. The number of nitrogen functional groups attached to an aromatic ring is 1. The summed E-state index contributed by atoms with van der Waals surface area (Å²) in [5, 5.41) is 0. The van der Waals surface area contributed by atoms with Gasteiger partial charge in [0.15, 0.2) is 0 Å². The molecule has 1 aromatic rings. The number of nitrogens with two attached hydrogens (primary N) is 1. The lowest BCUT2D eigenvalue weighted by Gasteiger charge is -1.96. The maximum Gasteiger partial charge on any atom is 0.322 e. The summed E-state index contributed by atoms with van der Waals surface area (Å²) in [4.78, 5) is 10.5. The molecular formula is C4H6N5O. The van der Waals surface area contributed by atoms with Crippen molar-refractivity contribution in [2.45, 2.75) is 0 Å². The Kier molecular flexibility index (Phi) is 1.53. The predicted octanol–water partition coefficient (Wildman–Crippen LogP) is -0.623. The van der Waals surface area contributed by atoms with Gasteiger partial charge in [-0.25, -0.2) is 0 Å². The number of aromatic nitrogens is 3. The van der Waals surface area contributed by atoms with Crippen LogP contribution in [0.3, 0.4) is 0 Å². The summed E-state index contributed by atoms with van der Waals surface area (Å²) in [6.07, 6.45) is 0. The second-order valence-corrected chi connectivity index (χ2v) is 1.50. The van der Waals surface area contributed by atoms with Crippen LogP contribution in [0.25, 0.3) is 0 Å². The van der Waals surface area contributed by atoms with Gasteiger partial charge in [0.05, 0.1) is 7.11 Å². The van der Waals surface area contributed by atoms with E-state index >= 15 is 0 Å². The van der Waals surface area contributed by atoms with E-state index in [9.17, 15) is 0 Å². The molecule has 0 aliphatic carbocycles. The molecule has 0 aliphatic rings. The molecule has 6 heteroatoms. The molecule has 1 rings (SSSR count). The molecular weight excluding hydrogens is 134 g/mol. The zero-order chi connectivity index (χ0) is 7.56. The highest BCUT2D eigenvalue weighted by molar-refractivity contribution is 5.24. The van der Waals surface area contributed by atoms with Gasteiger partial charge in [0, 0.05) is 0 Å². The standard InChI is InChI=1S/C4H6N5O/c1-10-4-8-2(5)7-3(6)9-4/h5H,1H3,(H2,6,7,8,9). The molecule has 53 valence electrons. The third-order valence-corrected chi connectivity index (χ3v) is 0.815. The first-order valence-corrected chi connectivity index (χ1v) is 2.49. The Morgan fingerprint density at radius 2 is 2.10 bits per heavy atom. The summed E-state index contributed by atoms with van der Waals surface area (Å²) < 4.78 is 4.61. The quantitative estimate of drug-likeness (QED) is 0.560. The second-order valence-electron chi connectivity index (χ2n) is 1.50. The van der Waals surface area contributed by atoms with Crippen LogP contribution in [0, 0.1) is 0 Å². The van der Waals surface area contributed by atoms with Gasteiger partial charge in [-0.2, -0.15) is 15.0 Å². The second kappa shape index (κ2) is 2.34. The normalized spacial score (nSPS) is 9.30. The maximum atomic E-state index is 6.96. The maximum absolute atomic E-state index is 6.96. The van der Waals surface area contributed by atoms with E-state index in [1.807, 2.05) is 0 Å². The number of hydrogen-bond donors (Lipinski definition) is 1. The minimum atomic E-state index is -0.190. The average molecular weight is 140 g/mol. The Labute approximate surface area is 57.2 Å². The van der Waals surface area contributed by atoms with Crippen molar-refractivity contribution in [3.8, 4) is 6.01 Å². The fourth-order valence-electron chi connectivity index (χ4n) is 0.463. The SMILES string of the molecule is COc1nc([NH])nc(N)n1. The lowest BCUT2D eigenvalue weighted by atomic mass is 10.9. The van der Waals surface area contributed by atoms with Crippen molar-refractivity contribution < 1.29 is 4.74 Å². The smallest absolute Gasteiger partial charge is 0.322 e. The van der Waals surface area contributed by atoms with E-state index in [1.54, 1.807) is 0 Å². The van der Waals surface area contributed by atoms with Crippen LogP contribution in [0.15, 0.2) is 0 Å².